The zero-order valence-electron chi connectivity index (χ0n) is 14.4. The maximum absolute atomic E-state index is 11.9. The summed E-state index contributed by atoms with van der Waals surface area (Å²) in [5.74, 6) is -0.217. The summed E-state index contributed by atoms with van der Waals surface area (Å²) in [4.78, 5) is 23.5. The molecule has 130 valence electrons. The van der Waals surface area contributed by atoms with Gasteiger partial charge in [0.25, 0.3) is 0 Å². The molecule has 2 amide bonds. The fourth-order valence-electron chi connectivity index (χ4n) is 3.17. The first-order valence-electron chi connectivity index (χ1n) is 8.44. The molecule has 0 fully saturated rings. The van der Waals surface area contributed by atoms with Crippen molar-refractivity contribution < 1.29 is 14.3 Å². The van der Waals surface area contributed by atoms with Crippen LogP contribution in [0, 0.1) is 0 Å². The summed E-state index contributed by atoms with van der Waals surface area (Å²) in [6.45, 7) is 3.89. The number of amides is 2. The Morgan fingerprint density at radius 1 is 1.00 bits per heavy atom. The molecule has 0 saturated heterocycles. The van der Waals surface area contributed by atoms with Gasteiger partial charge < -0.3 is 15.4 Å². The van der Waals surface area contributed by atoms with Crippen LogP contribution in [0.1, 0.15) is 30.9 Å². The third-order valence-corrected chi connectivity index (χ3v) is 4.19. The Balaban J connectivity index is 1.62. The van der Waals surface area contributed by atoms with Crippen molar-refractivity contribution in [3.8, 4) is 11.1 Å². The lowest BCUT2D eigenvalue weighted by atomic mass is 9.98. The van der Waals surface area contributed by atoms with Gasteiger partial charge in [-0.25, -0.2) is 4.79 Å². The predicted octanol–water partition coefficient (Wildman–Crippen LogP) is 3.05. The van der Waals surface area contributed by atoms with Crippen LogP contribution in [0.2, 0.25) is 0 Å². The lowest BCUT2D eigenvalue weighted by Crippen LogP contribution is -2.40. The molecule has 2 aromatic rings. The van der Waals surface area contributed by atoms with Gasteiger partial charge in [-0.15, -0.1) is 0 Å². The molecule has 0 heterocycles. The van der Waals surface area contributed by atoms with Crippen molar-refractivity contribution in [2.75, 3.05) is 13.2 Å². The second kappa shape index (κ2) is 7.38. The van der Waals surface area contributed by atoms with Gasteiger partial charge in [0.1, 0.15) is 13.2 Å². The monoisotopic (exact) mass is 338 g/mol. The van der Waals surface area contributed by atoms with E-state index in [9.17, 15) is 9.59 Å². The topological polar surface area (TPSA) is 67.4 Å². The molecular weight excluding hydrogens is 316 g/mol. The molecule has 0 aliphatic heterocycles. The van der Waals surface area contributed by atoms with Gasteiger partial charge in [-0.1, -0.05) is 48.5 Å². The average Bonchev–Trinajstić information content (AvgIpc) is 2.92. The minimum atomic E-state index is -0.583. The molecule has 0 unspecified atom stereocenters. The highest BCUT2D eigenvalue weighted by atomic mass is 16.5. The highest BCUT2D eigenvalue weighted by Crippen LogP contribution is 2.44. The van der Waals surface area contributed by atoms with Crippen LogP contribution in [-0.4, -0.2) is 31.2 Å². The molecular formula is C20H22N2O3. The lowest BCUT2D eigenvalue weighted by molar-refractivity contribution is -0.120. The molecule has 3 rings (SSSR count). The van der Waals surface area contributed by atoms with Gasteiger partial charge in [0.05, 0.1) is 0 Å². The van der Waals surface area contributed by atoms with Gasteiger partial charge in [0.2, 0.25) is 5.91 Å². The summed E-state index contributed by atoms with van der Waals surface area (Å²) in [6.07, 6.45) is -0.583. The molecule has 0 saturated carbocycles. The number of alkyl carbamates (subject to hydrolysis) is 1. The van der Waals surface area contributed by atoms with Gasteiger partial charge >= 0.3 is 6.09 Å². The Morgan fingerprint density at radius 2 is 1.56 bits per heavy atom. The largest absolute Gasteiger partial charge is 0.449 e. The van der Waals surface area contributed by atoms with E-state index in [1.807, 2.05) is 38.1 Å². The first-order chi connectivity index (χ1) is 12.1. The van der Waals surface area contributed by atoms with Gasteiger partial charge in [-0.3, -0.25) is 4.79 Å². The Morgan fingerprint density at radius 3 is 2.12 bits per heavy atom. The van der Waals surface area contributed by atoms with Crippen molar-refractivity contribution >= 4 is 12.0 Å². The molecule has 25 heavy (non-hydrogen) atoms. The molecule has 1 aliphatic carbocycles. The van der Waals surface area contributed by atoms with E-state index in [4.69, 9.17) is 4.74 Å². The molecule has 2 N–H and O–H groups in total. The van der Waals surface area contributed by atoms with E-state index in [0.29, 0.717) is 0 Å². The standard InChI is InChI=1S/C20H22N2O3/c1-13(2)22-19(23)11-21-20(24)25-12-18-16-9-5-3-7-14(16)15-8-4-6-10-17(15)18/h3-10,13,18H,11-12H2,1-2H3,(H,21,24)(H,22,23). The molecule has 0 aromatic heterocycles. The van der Waals surface area contributed by atoms with Gasteiger partial charge in [0.15, 0.2) is 0 Å². The molecule has 0 radical (unpaired) electrons. The van der Waals surface area contributed by atoms with Crippen LogP contribution >= 0.6 is 0 Å². The van der Waals surface area contributed by atoms with Crippen LogP contribution < -0.4 is 10.6 Å². The number of rotatable bonds is 5. The predicted molar refractivity (Wildman–Crippen MR) is 96.4 cm³/mol. The second-order valence-corrected chi connectivity index (χ2v) is 6.40. The van der Waals surface area contributed by atoms with Crippen molar-refractivity contribution in [2.24, 2.45) is 0 Å². The summed E-state index contributed by atoms with van der Waals surface area (Å²) >= 11 is 0. The fraction of sp³-hybridized carbons (Fsp3) is 0.300. The van der Waals surface area contributed by atoms with Gasteiger partial charge in [0, 0.05) is 12.0 Å². The third-order valence-electron chi connectivity index (χ3n) is 4.19. The molecule has 2 aromatic carbocycles. The molecule has 0 bridgehead atoms. The molecule has 5 nitrogen and oxygen atoms in total. The van der Waals surface area contributed by atoms with Crippen molar-refractivity contribution in [2.45, 2.75) is 25.8 Å². The smallest absolute Gasteiger partial charge is 0.407 e. The quantitative estimate of drug-likeness (QED) is 0.880. The molecule has 0 atom stereocenters. The number of carbonyl (C=O) groups excluding carboxylic acids is 2. The zero-order valence-corrected chi connectivity index (χ0v) is 14.4. The Hall–Kier alpha value is -2.82. The van der Waals surface area contributed by atoms with E-state index in [-0.39, 0.29) is 31.0 Å². The van der Waals surface area contributed by atoms with Crippen molar-refractivity contribution in [1.82, 2.24) is 10.6 Å². The average molecular weight is 338 g/mol. The summed E-state index contributed by atoms with van der Waals surface area (Å²) in [5.41, 5.74) is 4.69. The van der Waals surface area contributed by atoms with Crippen LogP contribution in [0.4, 0.5) is 4.79 Å². The highest BCUT2D eigenvalue weighted by molar-refractivity contribution is 5.82. The maximum atomic E-state index is 11.9. The number of fused-ring (bicyclic) bond motifs is 3. The minimum absolute atomic E-state index is 0.0163. The van der Waals surface area contributed by atoms with E-state index >= 15 is 0 Å². The molecule has 1 aliphatic rings. The zero-order chi connectivity index (χ0) is 17.8. The fourth-order valence-corrected chi connectivity index (χ4v) is 3.17. The maximum Gasteiger partial charge on any atom is 0.407 e. The van der Waals surface area contributed by atoms with E-state index < -0.39 is 6.09 Å². The summed E-state index contributed by atoms with van der Waals surface area (Å²) in [7, 11) is 0. The van der Waals surface area contributed by atoms with Crippen molar-refractivity contribution in [1.29, 1.82) is 0 Å². The number of benzene rings is 2. The normalized spacial score (nSPS) is 12.4. The lowest BCUT2D eigenvalue weighted by Gasteiger charge is -2.15. The number of ether oxygens (including phenoxy) is 1. The molecule has 0 spiro atoms. The van der Waals surface area contributed by atoms with E-state index in [0.717, 1.165) is 11.1 Å². The highest BCUT2D eigenvalue weighted by Gasteiger charge is 2.28. The number of carbonyl (C=O) groups is 2. The van der Waals surface area contributed by atoms with Gasteiger partial charge in [-0.2, -0.15) is 0 Å². The third kappa shape index (κ3) is 3.82. The van der Waals surface area contributed by atoms with Crippen LogP contribution in [0.25, 0.3) is 11.1 Å². The van der Waals surface area contributed by atoms with Crippen LogP contribution in [-0.2, 0) is 9.53 Å². The number of hydrogen-bond acceptors (Lipinski definition) is 3. The first kappa shape index (κ1) is 17.0. The van der Waals surface area contributed by atoms with E-state index in [2.05, 4.69) is 34.9 Å². The van der Waals surface area contributed by atoms with Crippen molar-refractivity contribution in [3.05, 3.63) is 59.7 Å². The van der Waals surface area contributed by atoms with Crippen molar-refractivity contribution in [3.63, 3.8) is 0 Å². The van der Waals surface area contributed by atoms with Crippen LogP contribution in [0.3, 0.4) is 0 Å². The Kier molecular flexibility index (Phi) is 5.03. The second-order valence-electron chi connectivity index (χ2n) is 6.40. The number of hydrogen-bond donors (Lipinski definition) is 2. The van der Waals surface area contributed by atoms with E-state index in [1.54, 1.807) is 0 Å². The SMILES string of the molecule is CC(C)NC(=O)CNC(=O)OCC1c2ccccc2-c2ccccc21. The van der Waals surface area contributed by atoms with Gasteiger partial charge in [-0.05, 0) is 36.1 Å². The first-order valence-corrected chi connectivity index (χ1v) is 8.44. The summed E-state index contributed by atoms with van der Waals surface area (Å²) in [6, 6.07) is 16.4. The summed E-state index contributed by atoms with van der Waals surface area (Å²) in [5, 5.41) is 5.20. The minimum Gasteiger partial charge on any atom is -0.449 e. The Bertz CT molecular complexity index is 741. The Labute approximate surface area is 147 Å². The molecule has 5 heteroatoms. The van der Waals surface area contributed by atoms with Crippen LogP contribution in [0.5, 0.6) is 0 Å². The summed E-state index contributed by atoms with van der Waals surface area (Å²) < 4.78 is 5.37. The van der Waals surface area contributed by atoms with Crippen LogP contribution in [0.15, 0.2) is 48.5 Å². The number of nitrogens with one attached hydrogen (secondary N) is 2. The van der Waals surface area contributed by atoms with E-state index in [1.165, 1.54) is 11.1 Å².